The molecule has 3 fully saturated rings. The number of esters is 2. The van der Waals surface area contributed by atoms with Crippen molar-refractivity contribution in [1.29, 1.82) is 0 Å². The Kier molecular flexibility index (Phi) is 19.3. The van der Waals surface area contributed by atoms with Crippen LogP contribution in [0.3, 0.4) is 0 Å². The van der Waals surface area contributed by atoms with Crippen LogP contribution in [0.2, 0.25) is 0 Å². The van der Waals surface area contributed by atoms with Crippen LogP contribution in [0.1, 0.15) is 125 Å². The second-order valence-corrected chi connectivity index (χ2v) is 19.2. The smallest absolute Gasteiger partial charge is 0.329 e. The minimum absolute atomic E-state index is 0.000957. The van der Waals surface area contributed by atoms with Gasteiger partial charge >= 0.3 is 17.9 Å². The van der Waals surface area contributed by atoms with Gasteiger partial charge in [0.2, 0.25) is 5.79 Å². The number of ketones is 2. The fourth-order valence-electron chi connectivity index (χ4n) is 10.3. The number of carboxylic acids is 1. The molecule has 2 saturated heterocycles. The van der Waals surface area contributed by atoms with Crippen LogP contribution in [0.5, 0.6) is 0 Å². The molecule has 1 aliphatic carbocycles. The van der Waals surface area contributed by atoms with Crippen LogP contribution in [-0.4, -0.2) is 122 Å². The maximum Gasteiger partial charge on any atom is 0.329 e. The number of aliphatic hydroxyl groups is 4. The third-order valence-corrected chi connectivity index (χ3v) is 13.9. The molecule has 0 aromatic carbocycles. The van der Waals surface area contributed by atoms with Crippen molar-refractivity contribution in [2.45, 2.75) is 161 Å². The highest BCUT2D eigenvalue weighted by atomic mass is 16.6. The Bertz CT molecular complexity index is 1710. The zero-order valence-electron chi connectivity index (χ0n) is 38.1. The predicted octanol–water partition coefficient (Wildman–Crippen LogP) is 4.86. The average Bonchev–Trinajstić information content (AvgIpc) is 3.24. The number of carbonyl (C=O) groups is 6. The highest BCUT2D eigenvalue weighted by Crippen LogP contribution is 2.42. The molecule has 63 heavy (non-hydrogen) atoms. The first kappa shape index (κ1) is 51.9. The number of carboxylic acid groups (broad SMARTS) is 1. The quantitative estimate of drug-likeness (QED) is 0.112. The van der Waals surface area contributed by atoms with Gasteiger partial charge in [0.1, 0.15) is 24.0 Å². The third-order valence-electron chi connectivity index (χ3n) is 13.9. The van der Waals surface area contributed by atoms with Crippen molar-refractivity contribution in [3.8, 4) is 0 Å². The van der Waals surface area contributed by atoms with Crippen LogP contribution in [-0.2, 0) is 43.0 Å². The zero-order valence-corrected chi connectivity index (χ0v) is 38.1. The molecule has 4 aliphatic rings. The number of fused-ring (bicyclic) bond motifs is 3. The SMILES string of the molecule is C=CC[C@@H]1/C=C(\C)C[C@H](C)C[C@H](CO)[C@H]2O[C@@](O)(C(=O)C(=O)N3CCCC[C@H]3C(=O)O[C@H](/C(C)=C/[C@@H]3CC[C@@H](O)[C@H](C)C3)[C@H](C)[C@@H](OC(=O)CCC(=O)O)CC1=O)[C@H](C)C[C@@H]2CO. The first-order valence-electron chi connectivity index (χ1n) is 23.0. The minimum atomic E-state index is -2.62. The molecule has 0 spiro atoms. The summed E-state index contributed by atoms with van der Waals surface area (Å²) in [6.45, 7) is 13.9. The third kappa shape index (κ3) is 13.4. The van der Waals surface area contributed by atoms with Gasteiger partial charge < -0.3 is 44.6 Å². The van der Waals surface area contributed by atoms with Gasteiger partial charge in [-0.15, -0.1) is 6.58 Å². The van der Waals surface area contributed by atoms with Crippen molar-refractivity contribution in [2.24, 2.45) is 47.3 Å². The number of allylic oxidation sites excluding steroid dienone is 4. The van der Waals surface area contributed by atoms with Gasteiger partial charge in [-0.05, 0) is 101 Å². The Balaban J connectivity index is 1.86. The Morgan fingerprint density at radius 2 is 1.65 bits per heavy atom. The van der Waals surface area contributed by atoms with E-state index in [0.29, 0.717) is 50.5 Å². The number of aliphatic carboxylic acids is 1. The van der Waals surface area contributed by atoms with E-state index in [1.807, 2.05) is 32.9 Å². The normalized spacial score (nSPS) is 38.0. The number of nitrogens with zero attached hydrogens (tertiary/aromatic N) is 1. The monoisotopic (exact) mass is 888 g/mol. The summed E-state index contributed by atoms with van der Waals surface area (Å²) >= 11 is 0. The molecule has 354 valence electrons. The summed E-state index contributed by atoms with van der Waals surface area (Å²) in [5, 5.41) is 53.0. The number of piperidine rings is 1. The molecule has 2 bridgehead atoms. The topological polar surface area (TPSA) is 234 Å². The summed E-state index contributed by atoms with van der Waals surface area (Å²) in [6.07, 6.45) is 4.55. The average molecular weight is 888 g/mol. The van der Waals surface area contributed by atoms with Gasteiger partial charge in [-0.3, -0.25) is 24.0 Å². The van der Waals surface area contributed by atoms with Crippen molar-refractivity contribution < 1.29 is 68.5 Å². The summed E-state index contributed by atoms with van der Waals surface area (Å²) in [7, 11) is 0. The minimum Gasteiger partial charge on any atom is -0.481 e. The number of ether oxygens (including phenoxy) is 3. The van der Waals surface area contributed by atoms with E-state index in [2.05, 4.69) is 6.58 Å². The van der Waals surface area contributed by atoms with Gasteiger partial charge in [-0.1, -0.05) is 51.5 Å². The van der Waals surface area contributed by atoms with E-state index in [4.69, 9.17) is 14.2 Å². The van der Waals surface area contributed by atoms with E-state index in [-0.39, 0.29) is 62.4 Å². The van der Waals surface area contributed by atoms with E-state index < -0.39 is 115 Å². The van der Waals surface area contributed by atoms with Gasteiger partial charge in [0.15, 0.2) is 0 Å². The number of cyclic esters (lactones) is 1. The van der Waals surface area contributed by atoms with E-state index in [9.17, 15) is 54.3 Å². The standard InChI is InChI=1S/C48H73NO14/c1-8-11-34-19-27(2)18-28(3)20-35(25-50)44-36(26-51)23-31(6)48(60,63-44)45(57)46(58)49-17-10-9-12-37(49)47(59)62-43(30(5)22-33-13-14-38(52)29(4)21-33)32(7)40(24-39(34)53)61-42(56)16-15-41(54)55/h8,19,22,28-29,31-38,40,43-44,50-52,60H,1,9-18,20-21,23-26H2,2-7H3,(H,54,55)/b27-19+,30-22+/t28-,29+,31+,32+,33+,34+,35+,36+,37-,38+,40-,43+,44+,48+/m0/s1. The lowest BCUT2D eigenvalue weighted by atomic mass is 9.75. The molecular formula is C48H73NO14. The van der Waals surface area contributed by atoms with Gasteiger partial charge in [0.25, 0.3) is 11.7 Å². The lowest BCUT2D eigenvalue weighted by Crippen LogP contribution is -2.63. The molecule has 1 amide bonds. The molecule has 15 heteroatoms. The van der Waals surface area contributed by atoms with E-state index in [0.717, 1.165) is 10.5 Å². The molecule has 0 aromatic heterocycles. The number of Topliss-reactive ketones (excluding diaryl/α,β-unsaturated/α-hetero) is 2. The second kappa shape index (κ2) is 23.4. The Labute approximate surface area is 372 Å². The van der Waals surface area contributed by atoms with Gasteiger partial charge in [-0.25, -0.2) is 4.79 Å². The molecule has 0 radical (unpaired) electrons. The Hall–Kier alpha value is -3.76. The first-order chi connectivity index (χ1) is 29.7. The molecule has 3 aliphatic heterocycles. The van der Waals surface area contributed by atoms with Crippen molar-refractivity contribution in [2.75, 3.05) is 19.8 Å². The highest BCUT2D eigenvalue weighted by Gasteiger charge is 2.56. The number of aliphatic hydroxyl groups excluding tert-OH is 3. The predicted molar refractivity (Wildman–Crippen MR) is 231 cm³/mol. The van der Waals surface area contributed by atoms with E-state index in [1.54, 1.807) is 26.8 Å². The van der Waals surface area contributed by atoms with Crippen LogP contribution >= 0.6 is 0 Å². The Morgan fingerprint density at radius 1 is 0.968 bits per heavy atom. The summed E-state index contributed by atoms with van der Waals surface area (Å²) < 4.78 is 18.5. The van der Waals surface area contributed by atoms with Crippen LogP contribution in [0.4, 0.5) is 0 Å². The van der Waals surface area contributed by atoms with Crippen LogP contribution in [0.25, 0.3) is 0 Å². The maximum absolute atomic E-state index is 14.6. The fourth-order valence-corrected chi connectivity index (χ4v) is 10.3. The van der Waals surface area contributed by atoms with E-state index in [1.165, 1.54) is 0 Å². The molecule has 0 unspecified atom stereocenters. The summed E-state index contributed by atoms with van der Waals surface area (Å²) in [5.74, 6) is -12.1. The van der Waals surface area contributed by atoms with Crippen LogP contribution in [0, 0.1) is 47.3 Å². The van der Waals surface area contributed by atoms with Crippen molar-refractivity contribution in [3.05, 3.63) is 36.0 Å². The lowest BCUT2D eigenvalue weighted by Gasteiger charge is -2.47. The number of amides is 1. The zero-order chi connectivity index (χ0) is 46.8. The number of hydrogen-bond donors (Lipinski definition) is 5. The lowest BCUT2D eigenvalue weighted by molar-refractivity contribution is -0.289. The molecule has 4 rings (SSSR count). The molecule has 5 N–H and O–H groups in total. The fraction of sp³-hybridized carbons (Fsp3) is 0.750. The van der Waals surface area contributed by atoms with Crippen molar-refractivity contribution >= 4 is 35.4 Å². The second-order valence-electron chi connectivity index (χ2n) is 19.2. The summed E-state index contributed by atoms with van der Waals surface area (Å²) in [6, 6.07) is -1.26. The molecule has 1 saturated carbocycles. The molecule has 3 heterocycles. The van der Waals surface area contributed by atoms with E-state index >= 15 is 0 Å². The summed E-state index contributed by atoms with van der Waals surface area (Å²) in [4.78, 5) is 83.4. The Morgan fingerprint density at radius 3 is 2.29 bits per heavy atom. The molecule has 15 nitrogen and oxygen atoms in total. The van der Waals surface area contributed by atoms with Gasteiger partial charge in [-0.2, -0.15) is 0 Å². The molecule has 14 atom stereocenters. The van der Waals surface area contributed by atoms with Crippen molar-refractivity contribution in [3.63, 3.8) is 0 Å². The number of carbonyl (C=O) groups excluding carboxylic acids is 5. The first-order valence-corrected chi connectivity index (χ1v) is 23.0. The van der Waals surface area contributed by atoms with Crippen LogP contribution < -0.4 is 0 Å². The molecule has 0 aromatic rings. The van der Waals surface area contributed by atoms with Gasteiger partial charge in [0, 0.05) is 55.8 Å². The highest BCUT2D eigenvalue weighted by molar-refractivity contribution is 6.39. The number of hydrogen-bond acceptors (Lipinski definition) is 13. The number of rotatable bonds is 10. The van der Waals surface area contributed by atoms with Gasteiger partial charge in [0.05, 0.1) is 25.0 Å². The van der Waals surface area contributed by atoms with Crippen LogP contribution in [0.15, 0.2) is 36.0 Å². The maximum atomic E-state index is 14.6. The largest absolute Gasteiger partial charge is 0.481 e. The molecular weight excluding hydrogens is 815 g/mol. The van der Waals surface area contributed by atoms with Crippen molar-refractivity contribution in [1.82, 2.24) is 4.90 Å². The summed E-state index contributed by atoms with van der Waals surface area (Å²) in [5.41, 5.74) is 1.43.